The molecule has 3 heteroatoms. The fourth-order valence-electron chi connectivity index (χ4n) is 2.06. The summed E-state index contributed by atoms with van der Waals surface area (Å²) in [4.78, 5) is 14.9. The Bertz CT molecular complexity index is 374. The maximum atomic E-state index is 12.0. The number of hydrogen-bond donors (Lipinski definition) is 1. The van der Waals surface area contributed by atoms with Crippen molar-refractivity contribution in [3.8, 4) is 0 Å². The van der Waals surface area contributed by atoms with Crippen molar-refractivity contribution in [3.63, 3.8) is 0 Å². The van der Waals surface area contributed by atoms with Gasteiger partial charge in [0.05, 0.1) is 6.42 Å². The Hall–Kier alpha value is -0.960. The molecule has 1 amide bonds. The van der Waals surface area contributed by atoms with E-state index in [0.29, 0.717) is 12.3 Å². The Morgan fingerprint density at radius 2 is 2.12 bits per heavy atom. The second kappa shape index (κ2) is 4.91. The molecule has 1 heterocycles. The Morgan fingerprint density at radius 1 is 1.44 bits per heavy atom. The fraction of sp³-hybridized carbons (Fsp3) is 0.462. The monoisotopic (exact) mass is 235 g/mol. The first-order chi connectivity index (χ1) is 7.65. The largest absolute Gasteiger partial charge is 0.342 e. The Balaban J connectivity index is 1.94. The van der Waals surface area contributed by atoms with Crippen LogP contribution in [-0.4, -0.2) is 23.9 Å². The second-order valence-corrected chi connectivity index (χ2v) is 5.09. The van der Waals surface area contributed by atoms with Gasteiger partial charge in [0.25, 0.3) is 0 Å². The number of carbonyl (C=O) groups excluding carboxylic acids is 1. The summed E-state index contributed by atoms with van der Waals surface area (Å²) in [6.45, 7) is 4.04. The first-order valence-corrected chi connectivity index (χ1v) is 6.15. The molecule has 1 unspecified atom stereocenters. The van der Waals surface area contributed by atoms with E-state index in [0.717, 1.165) is 30.0 Å². The van der Waals surface area contributed by atoms with E-state index in [9.17, 15) is 4.79 Å². The van der Waals surface area contributed by atoms with E-state index >= 15 is 0 Å². The zero-order chi connectivity index (χ0) is 11.5. The van der Waals surface area contributed by atoms with Gasteiger partial charge in [-0.15, -0.1) is 12.6 Å². The van der Waals surface area contributed by atoms with Crippen LogP contribution in [0.2, 0.25) is 0 Å². The van der Waals surface area contributed by atoms with Gasteiger partial charge in [0.15, 0.2) is 0 Å². The lowest BCUT2D eigenvalue weighted by Gasteiger charge is -2.15. The van der Waals surface area contributed by atoms with Crippen LogP contribution in [0.5, 0.6) is 0 Å². The minimum absolute atomic E-state index is 0.247. The number of thiol groups is 1. The van der Waals surface area contributed by atoms with Gasteiger partial charge >= 0.3 is 0 Å². The fourth-order valence-corrected chi connectivity index (χ4v) is 2.21. The van der Waals surface area contributed by atoms with Crippen molar-refractivity contribution >= 4 is 18.5 Å². The molecule has 2 rings (SSSR count). The zero-order valence-corrected chi connectivity index (χ0v) is 10.4. The van der Waals surface area contributed by atoms with E-state index in [1.165, 1.54) is 0 Å². The molecule has 1 atom stereocenters. The first-order valence-electron chi connectivity index (χ1n) is 5.71. The molecule has 1 saturated heterocycles. The molecule has 0 radical (unpaired) electrons. The molecule has 1 aliphatic heterocycles. The molecular formula is C13H17NOS. The summed E-state index contributed by atoms with van der Waals surface area (Å²) >= 11 is 4.23. The Kier molecular flexibility index (Phi) is 3.54. The van der Waals surface area contributed by atoms with Gasteiger partial charge in [0, 0.05) is 18.0 Å². The number of nitrogens with zero attached hydrogens (tertiary/aromatic N) is 1. The van der Waals surface area contributed by atoms with Gasteiger partial charge in [-0.3, -0.25) is 4.79 Å². The molecule has 1 aliphatic rings. The molecule has 86 valence electrons. The number of carbonyl (C=O) groups is 1. The van der Waals surface area contributed by atoms with Gasteiger partial charge in [0.2, 0.25) is 5.91 Å². The van der Waals surface area contributed by atoms with Gasteiger partial charge in [-0.05, 0) is 30.0 Å². The third-order valence-corrected chi connectivity index (χ3v) is 3.37. The van der Waals surface area contributed by atoms with Crippen LogP contribution < -0.4 is 0 Å². The van der Waals surface area contributed by atoms with Crippen LogP contribution in [0.1, 0.15) is 18.9 Å². The lowest BCUT2D eigenvalue weighted by atomic mass is 10.1. The number of hydrogen-bond acceptors (Lipinski definition) is 2. The maximum Gasteiger partial charge on any atom is 0.226 e. The zero-order valence-electron chi connectivity index (χ0n) is 9.52. The highest BCUT2D eigenvalue weighted by Gasteiger charge is 2.22. The first kappa shape index (κ1) is 11.5. The van der Waals surface area contributed by atoms with E-state index < -0.39 is 0 Å². The van der Waals surface area contributed by atoms with Gasteiger partial charge in [-0.1, -0.05) is 19.1 Å². The summed E-state index contributed by atoms with van der Waals surface area (Å²) < 4.78 is 0. The van der Waals surface area contributed by atoms with Crippen molar-refractivity contribution in [1.29, 1.82) is 0 Å². The van der Waals surface area contributed by atoms with Crippen molar-refractivity contribution < 1.29 is 4.79 Å². The van der Waals surface area contributed by atoms with Gasteiger partial charge in [-0.25, -0.2) is 0 Å². The van der Waals surface area contributed by atoms with Crippen molar-refractivity contribution in [2.24, 2.45) is 5.92 Å². The summed E-state index contributed by atoms with van der Waals surface area (Å²) in [6.07, 6.45) is 1.65. The highest BCUT2D eigenvalue weighted by molar-refractivity contribution is 7.80. The van der Waals surface area contributed by atoms with Crippen LogP contribution in [0.25, 0.3) is 0 Å². The van der Waals surface area contributed by atoms with Crippen molar-refractivity contribution in [2.45, 2.75) is 24.7 Å². The molecule has 0 spiro atoms. The molecule has 0 bridgehead atoms. The summed E-state index contributed by atoms with van der Waals surface area (Å²) in [5, 5.41) is 0. The topological polar surface area (TPSA) is 20.3 Å². The molecular weight excluding hydrogens is 218 g/mol. The van der Waals surface area contributed by atoms with E-state index in [4.69, 9.17) is 0 Å². The summed E-state index contributed by atoms with van der Waals surface area (Å²) in [5.41, 5.74) is 1.07. The highest BCUT2D eigenvalue weighted by Crippen LogP contribution is 2.16. The Morgan fingerprint density at radius 3 is 2.69 bits per heavy atom. The van der Waals surface area contributed by atoms with Crippen molar-refractivity contribution in [2.75, 3.05) is 13.1 Å². The quantitative estimate of drug-likeness (QED) is 0.780. The van der Waals surface area contributed by atoms with Crippen LogP contribution in [0.4, 0.5) is 0 Å². The smallest absolute Gasteiger partial charge is 0.226 e. The molecule has 2 nitrogen and oxygen atoms in total. The third kappa shape index (κ3) is 2.79. The highest BCUT2D eigenvalue weighted by atomic mass is 32.1. The Labute approximate surface area is 102 Å². The SMILES string of the molecule is CC1CCN(C(=O)Cc2ccc(S)cc2)C1. The number of amides is 1. The van der Waals surface area contributed by atoms with Crippen LogP contribution in [0.15, 0.2) is 29.2 Å². The predicted molar refractivity (Wildman–Crippen MR) is 67.8 cm³/mol. The minimum atomic E-state index is 0.247. The number of rotatable bonds is 2. The molecule has 0 saturated carbocycles. The van der Waals surface area contributed by atoms with E-state index in [1.807, 2.05) is 29.2 Å². The van der Waals surface area contributed by atoms with Crippen molar-refractivity contribution in [3.05, 3.63) is 29.8 Å². The van der Waals surface area contributed by atoms with E-state index in [-0.39, 0.29) is 5.91 Å². The lowest BCUT2D eigenvalue weighted by molar-refractivity contribution is -0.129. The van der Waals surface area contributed by atoms with E-state index in [2.05, 4.69) is 19.6 Å². The van der Waals surface area contributed by atoms with Gasteiger partial charge in [-0.2, -0.15) is 0 Å². The van der Waals surface area contributed by atoms with Gasteiger partial charge in [0.1, 0.15) is 0 Å². The molecule has 0 aliphatic carbocycles. The van der Waals surface area contributed by atoms with Crippen LogP contribution in [0, 0.1) is 5.92 Å². The van der Waals surface area contributed by atoms with Crippen LogP contribution in [0.3, 0.4) is 0 Å². The van der Waals surface area contributed by atoms with Crippen LogP contribution in [-0.2, 0) is 11.2 Å². The summed E-state index contributed by atoms with van der Waals surface area (Å²) in [7, 11) is 0. The minimum Gasteiger partial charge on any atom is -0.342 e. The predicted octanol–water partition coefficient (Wildman–Crippen LogP) is 2.39. The average Bonchev–Trinajstić information content (AvgIpc) is 2.68. The summed E-state index contributed by atoms with van der Waals surface area (Å²) in [6, 6.07) is 7.80. The normalized spacial score (nSPS) is 20.1. The lowest BCUT2D eigenvalue weighted by Crippen LogP contribution is -2.29. The van der Waals surface area contributed by atoms with E-state index in [1.54, 1.807) is 0 Å². The molecule has 0 aromatic heterocycles. The average molecular weight is 235 g/mol. The van der Waals surface area contributed by atoms with Crippen LogP contribution >= 0.6 is 12.6 Å². The summed E-state index contributed by atoms with van der Waals surface area (Å²) in [5.74, 6) is 0.903. The number of likely N-dealkylation sites (tertiary alicyclic amines) is 1. The molecule has 16 heavy (non-hydrogen) atoms. The molecule has 0 N–H and O–H groups in total. The number of benzene rings is 1. The molecule has 1 fully saturated rings. The maximum absolute atomic E-state index is 12.0. The molecule has 1 aromatic carbocycles. The second-order valence-electron chi connectivity index (χ2n) is 4.58. The standard InChI is InChI=1S/C13H17NOS/c1-10-6-7-14(9-10)13(15)8-11-2-4-12(16)5-3-11/h2-5,10,16H,6-9H2,1H3. The van der Waals surface area contributed by atoms with Gasteiger partial charge < -0.3 is 4.90 Å². The van der Waals surface area contributed by atoms with Crippen molar-refractivity contribution in [1.82, 2.24) is 4.90 Å². The molecule has 1 aromatic rings. The third-order valence-electron chi connectivity index (χ3n) is 3.07.